The molecule has 1 aromatic carbocycles. The summed E-state index contributed by atoms with van der Waals surface area (Å²) in [4.78, 5) is 16.8. The van der Waals surface area contributed by atoms with Crippen molar-refractivity contribution in [2.24, 2.45) is 0 Å². The molecule has 0 unspecified atom stereocenters. The lowest BCUT2D eigenvalue weighted by molar-refractivity contribution is 0.0944. The van der Waals surface area contributed by atoms with Crippen LogP contribution in [0, 0.1) is 18.6 Å². The van der Waals surface area contributed by atoms with E-state index >= 15 is 0 Å². The molecule has 4 aromatic rings. The highest BCUT2D eigenvalue weighted by Gasteiger charge is 2.18. The lowest BCUT2D eigenvalue weighted by Crippen LogP contribution is -2.25. The summed E-state index contributed by atoms with van der Waals surface area (Å²) >= 11 is 0. The van der Waals surface area contributed by atoms with Crippen LogP contribution in [0.15, 0.2) is 42.6 Å². The van der Waals surface area contributed by atoms with Crippen LogP contribution >= 0.6 is 0 Å². The molecule has 0 saturated heterocycles. The Morgan fingerprint density at radius 3 is 2.56 bits per heavy atom. The zero-order valence-electron chi connectivity index (χ0n) is 14.2. The predicted octanol–water partition coefficient (Wildman–Crippen LogP) is 2.64. The fourth-order valence-corrected chi connectivity index (χ4v) is 2.82. The van der Waals surface area contributed by atoms with Crippen molar-refractivity contribution in [3.63, 3.8) is 0 Å². The molecule has 7 nitrogen and oxygen atoms in total. The van der Waals surface area contributed by atoms with Gasteiger partial charge in [0.2, 0.25) is 0 Å². The van der Waals surface area contributed by atoms with Crippen molar-refractivity contribution in [1.29, 1.82) is 0 Å². The Labute approximate surface area is 152 Å². The number of benzene rings is 1. The SMILES string of the molecule is Cc1n[nH]nc1C(=O)NCc1c(-c2ccc(F)cc2)nc2ccc(F)cn12. The number of fused-ring (bicyclic) bond motifs is 1. The number of rotatable bonds is 4. The van der Waals surface area contributed by atoms with E-state index in [1.807, 2.05) is 0 Å². The highest BCUT2D eigenvalue weighted by atomic mass is 19.1. The van der Waals surface area contributed by atoms with Crippen LogP contribution in [0.3, 0.4) is 0 Å². The molecule has 0 atom stereocenters. The van der Waals surface area contributed by atoms with E-state index < -0.39 is 11.7 Å². The van der Waals surface area contributed by atoms with Crippen LogP contribution in [0.5, 0.6) is 0 Å². The van der Waals surface area contributed by atoms with E-state index in [1.54, 1.807) is 23.5 Å². The number of amides is 1. The standard InChI is InChI=1S/C18H14F2N6O/c1-10-16(24-25-23-10)18(27)21-8-14-17(11-2-4-12(19)5-3-11)22-15-7-6-13(20)9-26(14)15/h2-7,9H,8H2,1H3,(H,21,27)(H,23,24,25). The van der Waals surface area contributed by atoms with Gasteiger partial charge in [0.05, 0.1) is 23.6 Å². The van der Waals surface area contributed by atoms with Gasteiger partial charge in [-0.15, -0.1) is 0 Å². The number of aromatic amines is 1. The molecule has 27 heavy (non-hydrogen) atoms. The molecule has 3 aromatic heterocycles. The van der Waals surface area contributed by atoms with Crippen LogP contribution in [-0.4, -0.2) is 30.7 Å². The third-order valence-electron chi connectivity index (χ3n) is 4.15. The van der Waals surface area contributed by atoms with Gasteiger partial charge in [-0.05, 0) is 43.3 Å². The quantitative estimate of drug-likeness (QED) is 0.580. The van der Waals surface area contributed by atoms with Crippen molar-refractivity contribution in [2.75, 3.05) is 0 Å². The molecule has 0 aliphatic carbocycles. The van der Waals surface area contributed by atoms with Gasteiger partial charge in [-0.25, -0.2) is 13.8 Å². The molecular formula is C18H14F2N6O. The molecule has 0 aliphatic heterocycles. The van der Waals surface area contributed by atoms with Crippen LogP contribution in [0.1, 0.15) is 21.9 Å². The summed E-state index contributed by atoms with van der Waals surface area (Å²) in [5.74, 6) is -1.23. The van der Waals surface area contributed by atoms with Crippen molar-refractivity contribution in [1.82, 2.24) is 30.1 Å². The Bertz CT molecular complexity index is 1130. The third-order valence-corrected chi connectivity index (χ3v) is 4.15. The van der Waals surface area contributed by atoms with Gasteiger partial charge < -0.3 is 5.32 Å². The minimum absolute atomic E-state index is 0.0719. The summed E-state index contributed by atoms with van der Waals surface area (Å²) in [6.45, 7) is 1.73. The van der Waals surface area contributed by atoms with Crippen LogP contribution in [0.2, 0.25) is 0 Å². The van der Waals surface area contributed by atoms with Gasteiger partial charge in [-0.3, -0.25) is 9.20 Å². The molecule has 0 aliphatic rings. The molecule has 3 heterocycles. The molecule has 4 rings (SSSR count). The number of H-pyrrole nitrogens is 1. The van der Waals surface area contributed by atoms with E-state index in [-0.39, 0.29) is 18.1 Å². The second-order valence-electron chi connectivity index (χ2n) is 5.93. The first-order chi connectivity index (χ1) is 13.0. The maximum absolute atomic E-state index is 13.7. The van der Waals surface area contributed by atoms with Gasteiger partial charge in [0.1, 0.15) is 17.3 Å². The van der Waals surface area contributed by atoms with Crippen LogP contribution in [-0.2, 0) is 6.54 Å². The number of carbonyl (C=O) groups excluding carboxylic acids is 1. The van der Waals surface area contributed by atoms with E-state index in [2.05, 4.69) is 25.7 Å². The molecule has 0 fully saturated rings. The van der Waals surface area contributed by atoms with Crippen LogP contribution in [0.25, 0.3) is 16.9 Å². The number of imidazole rings is 1. The van der Waals surface area contributed by atoms with Crippen molar-refractivity contribution in [3.8, 4) is 11.3 Å². The molecule has 2 N–H and O–H groups in total. The Hall–Kier alpha value is -3.62. The molecule has 0 spiro atoms. The third kappa shape index (κ3) is 3.14. The fourth-order valence-electron chi connectivity index (χ4n) is 2.82. The largest absolute Gasteiger partial charge is 0.345 e. The molecular weight excluding hydrogens is 354 g/mol. The van der Waals surface area contributed by atoms with E-state index in [0.717, 1.165) is 0 Å². The normalized spacial score (nSPS) is 11.1. The van der Waals surface area contributed by atoms with Crippen LogP contribution in [0.4, 0.5) is 8.78 Å². The molecule has 0 bridgehead atoms. The maximum Gasteiger partial charge on any atom is 0.274 e. The average molecular weight is 368 g/mol. The van der Waals surface area contributed by atoms with E-state index in [0.29, 0.717) is 28.3 Å². The summed E-state index contributed by atoms with van der Waals surface area (Å²) in [7, 11) is 0. The molecule has 0 radical (unpaired) electrons. The minimum atomic E-state index is -0.439. The average Bonchev–Trinajstić information content (AvgIpc) is 3.24. The first kappa shape index (κ1) is 16.8. The number of halogens is 2. The smallest absolute Gasteiger partial charge is 0.274 e. The van der Waals surface area contributed by atoms with E-state index in [1.165, 1.54) is 30.5 Å². The highest BCUT2D eigenvalue weighted by molar-refractivity contribution is 5.93. The number of carbonyl (C=O) groups is 1. The fraction of sp³-hybridized carbons (Fsp3) is 0.111. The second-order valence-corrected chi connectivity index (χ2v) is 5.93. The maximum atomic E-state index is 13.7. The van der Waals surface area contributed by atoms with Crippen molar-refractivity contribution >= 4 is 11.6 Å². The topological polar surface area (TPSA) is 88.0 Å². The number of hydrogen-bond acceptors (Lipinski definition) is 4. The summed E-state index contributed by atoms with van der Waals surface area (Å²) in [5, 5.41) is 12.8. The van der Waals surface area contributed by atoms with Gasteiger partial charge in [0, 0.05) is 11.8 Å². The minimum Gasteiger partial charge on any atom is -0.345 e. The Balaban J connectivity index is 1.74. The summed E-state index contributed by atoms with van der Waals surface area (Å²) in [6.07, 6.45) is 1.29. The number of nitrogens with one attached hydrogen (secondary N) is 2. The predicted molar refractivity (Wildman–Crippen MR) is 92.8 cm³/mol. The number of pyridine rings is 1. The van der Waals surface area contributed by atoms with Gasteiger partial charge >= 0.3 is 0 Å². The van der Waals surface area contributed by atoms with Gasteiger partial charge in [-0.2, -0.15) is 15.4 Å². The lowest BCUT2D eigenvalue weighted by Gasteiger charge is -2.07. The summed E-state index contributed by atoms with van der Waals surface area (Å²) in [5.41, 5.74) is 2.90. The van der Waals surface area contributed by atoms with Crippen LogP contribution < -0.4 is 5.32 Å². The Kier molecular flexibility index (Phi) is 4.11. The number of hydrogen-bond donors (Lipinski definition) is 2. The van der Waals surface area contributed by atoms with Crippen molar-refractivity contribution in [2.45, 2.75) is 13.5 Å². The zero-order chi connectivity index (χ0) is 19.0. The lowest BCUT2D eigenvalue weighted by atomic mass is 10.1. The van der Waals surface area contributed by atoms with Gasteiger partial charge in [-0.1, -0.05) is 0 Å². The van der Waals surface area contributed by atoms with E-state index in [9.17, 15) is 13.6 Å². The van der Waals surface area contributed by atoms with Gasteiger partial charge in [0.25, 0.3) is 5.91 Å². The monoisotopic (exact) mass is 368 g/mol. The number of aromatic nitrogens is 5. The first-order valence-corrected chi connectivity index (χ1v) is 8.11. The second kappa shape index (κ2) is 6.60. The number of aryl methyl sites for hydroxylation is 1. The van der Waals surface area contributed by atoms with E-state index in [4.69, 9.17) is 0 Å². The van der Waals surface area contributed by atoms with Gasteiger partial charge in [0.15, 0.2) is 5.69 Å². The molecule has 136 valence electrons. The highest BCUT2D eigenvalue weighted by Crippen LogP contribution is 2.25. The summed E-state index contributed by atoms with van der Waals surface area (Å²) < 4.78 is 28.6. The zero-order valence-corrected chi connectivity index (χ0v) is 14.2. The van der Waals surface area contributed by atoms with Crippen molar-refractivity contribution < 1.29 is 13.6 Å². The number of nitrogens with zero attached hydrogens (tertiary/aromatic N) is 4. The molecule has 0 saturated carbocycles. The Morgan fingerprint density at radius 2 is 1.85 bits per heavy atom. The molecule has 1 amide bonds. The molecule has 9 heteroatoms. The van der Waals surface area contributed by atoms with Crippen molar-refractivity contribution in [3.05, 3.63) is 71.3 Å². The Morgan fingerprint density at radius 1 is 1.11 bits per heavy atom. The first-order valence-electron chi connectivity index (χ1n) is 8.11. The summed E-state index contributed by atoms with van der Waals surface area (Å²) in [6, 6.07) is 8.65.